The zero-order chi connectivity index (χ0) is 18.4. The monoisotopic (exact) mass is 351 g/mol. The predicted octanol–water partition coefficient (Wildman–Crippen LogP) is 4.09. The molecule has 1 heterocycles. The van der Waals surface area contributed by atoms with E-state index in [0.717, 1.165) is 12.1 Å². The molecule has 0 spiro atoms. The number of anilines is 2. The van der Waals surface area contributed by atoms with Gasteiger partial charge < -0.3 is 10.6 Å². The Kier molecular flexibility index (Phi) is 5.74. The van der Waals surface area contributed by atoms with Crippen LogP contribution in [-0.4, -0.2) is 16.8 Å². The zero-order valence-electron chi connectivity index (χ0n) is 13.4. The van der Waals surface area contributed by atoms with Crippen molar-refractivity contribution in [2.24, 2.45) is 0 Å². The molecular weight excluding hydrogens is 335 g/mol. The third kappa shape index (κ3) is 5.30. The molecule has 2 amide bonds. The molecule has 0 bridgehead atoms. The quantitative estimate of drug-likeness (QED) is 0.852. The molecular formula is C17H16F3N3O2. The van der Waals surface area contributed by atoms with E-state index >= 15 is 0 Å². The predicted molar refractivity (Wildman–Crippen MR) is 87.2 cm³/mol. The Morgan fingerprint density at radius 1 is 1.12 bits per heavy atom. The van der Waals surface area contributed by atoms with Gasteiger partial charge in [0.1, 0.15) is 5.82 Å². The van der Waals surface area contributed by atoms with E-state index < -0.39 is 23.6 Å². The fourth-order valence-electron chi connectivity index (χ4n) is 2.07. The van der Waals surface area contributed by atoms with Gasteiger partial charge in [0, 0.05) is 23.9 Å². The van der Waals surface area contributed by atoms with Gasteiger partial charge in [-0.15, -0.1) is 0 Å². The van der Waals surface area contributed by atoms with Crippen molar-refractivity contribution in [1.29, 1.82) is 0 Å². The van der Waals surface area contributed by atoms with Crippen LogP contribution in [0, 0.1) is 0 Å². The van der Waals surface area contributed by atoms with Gasteiger partial charge in [0.25, 0.3) is 5.91 Å². The van der Waals surface area contributed by atoms with Crippen molar-refractivity contribution in [2.75, 3.05) is 10.6 Å². The molecule has 0 aliphatic carbocycles. The molecule has 2 N–H and O–H groups in total. The first-order chi connectivity index (χ1) is 11.8. The molecule has 0 aliphatic heterocycles. The molecule has 0 fully saturated rings. The van der Waals surface area contributed by atoms with Crippen molar-refractivity contribution in [2.45, 2.75) is 25.9 Å². The van der Waals surface area contributed by atoms with E-state index in [9.17, 15) is 22.8 Å². The summed E-state index contributed by atoms with van der Waals surface area (Å²) in [6.07, 6.45) is -2.48. The molecule has 2 rings (SSSR count). The number of alkyl halides is 3. The lowest BCUT2D eigenvalue weighted by Crippen LogP contribution is -2.17. The maximum Gasteiger partial charge on any atom is 0.416 e. The molecule has 1 aromatic heterocycles. The Balaban J connectivity index is 2.32. The molecule has 0 aliphatic rings. The second kappa shape index (κ2) is 7.78. The average molecular weight is 351 g/mol. The number of rotatable bonds is 5. The third-order valence-electron chi connectivity index (χ3n) is 3.19. The van der Waals surface area contributed by atoms with Crippen molar-refractivity contribution in [1.82, 2.24) is 4.98 Å². The summed E-state index contributed by atoms with van der Waals surface area (Å²) in [4.78, 5) is 27.8. The number of carbonyl (C=O) groups excluding carboxylic acids is 2. The molecule has 8 heteroatoms. The summed E-state index contributed by atoms with van der Waals surface area (Å²) in [6, 6.07) is 7.50. The highest BCUT2D eigenvalue weighted by Gasteiger charge is 2.32. The van der Waals surface area contributed by atoms with Crippen LogP contribution in [0.15, 0.2) is 42.6 Å². The van der Waals surface area contributed by atoms with Gasteiger partial charge in [-0.2, -0.15) is 13.2 Å². The normalized spacial score (nSPS) is 11.0. The van der Waals surface area contributed by atoms with Gasteiger partial charge >= 0.3 is 6.18 Å². The van der Waals surface area contributed by atoms with Crippen molar-refractivity contribution in [3.8, 4) is 0 Å². The number of carbonyl (C=O) groups is 2. The molecule has 1 aromatic carbocycles. The Morgan fingerprint density at radius 3 is 2.48 bits per heavy atom. The zero-order valence-corrected chi connectivity index (χ0v) is 13.4. The molecule has 132 valence electrons. The molecule has 5 nitrogen and oxygen atoms in total. The van der Waals surface area contributed by atoms with Crippen LogP contribution >= 0.6 is 0 Å². The van der Waals surface area contributed by atoms with Crippen LogP contribution in [0.3, 0.4) is 0 Å². The number of halogens is 3. The summed E-state index contributed by atoms with van der Waals surface area (Å²) >= 11 is 0. The van der Waals surface area contributed by atoms with Crippen molar-refractivity contribution < 1.29 is 22.8 Å². The standard InChI is InChI=1S/C17H16F3N3O2/c1-2-5-15(24)22-13-9-11(8-12(10-13)17(18,19)20)16(25)23-14-6-3-4-7-21-14/h3-4,6-10H,2,5H2,1H3,(H,22,24)(H,21,23,25). The maximum atomic E-state index is 13.1. The minimum Gasteiger partial charge on any atom is -0.326 e. The van der Waals surface area contributed by atoms with E-state index in [0.29, 0.717) is 6.42 Å². The van der Waals surface area contributed by atoms with E-state index in [1.165, 1.54) is 18.3 Å². The van der Waals surface area contributed by atoms with E-state index in [2.05, 4.69) is 15.6 Å². The van der Waals surface area contributed by atoms with E-state index in [-0.39, 0.29) is 23.5 Å². The van der Waals surface area contributed by atoms with Gasteiger partial charge in [0.05, 0.1) is 5.56 Å². The van der Waals surface area contributed by atoms with Gasteiger partial charge in [-0.05, 0) is 36.8 Å². The van der Waals surface area contributed by atoms with E-state index in [1.54, 1.807) is 19.1 Å². The summed E-state index contributed by atoms with van der Waals surface area (Å²) in [5, 5.41) is 4.79. The molecule has 0 unspecified atom stereocenters. The molecule has 0 radical (unpaired) electrons. The van der Waals surface area contributed by atoms with Crippen LogP contribution in [0.25, 0.3) is 0 Å². The number of hydrogen-bond donors (Lipinski definition) is 2. The van der Waals surface area contributed by atoms with Crippen LogP contribution < -0.4 is 10.6 Å². The summed E-state index contributed by atoms with van der Waals surface area (Å²) in [7, 11) is 0. The smallest absolute Gasteiger partial charge is 0.326 e. The largest absolute Gasteiger partial charge is 0.416 e. The second-order valence-corrected chi connectivity index (χ2v) is 5.26. The molecule has 2 aromatic rings. The molecule has 0 saturated carbocycles. The Morgan fingerprint density at radius 2 is 1.88 bits per heavy atom. The first-order valence-corrected chi connectivity index (χ1v) is 7.54. The van der Waals surface area contributed by atoms with Crippen LogP contribution in [0.4, 0.5) is 24.7 Å². The minimum absolute atomic E-state index is 0.0838. The Hall–Kier alpha value is -2.90. The second-order valence-electron chi connectivity index (χ2n) is 5.26. The number of benzene rings is 1. The summed E-state index contributed by atoms with van der Waals surface area (Å²) in [5.74, 6) is -0.963. The van der Waals surface area contributed by atoms with E-state index in [1.807, 2.05) is 0 Å². The minimum atomic E-state index is -4.65. The van der Waals surface area contributed by atoms with Gasteiger partial charge in [0.15, 0.2) is 0 Å². The number of aromatic nitrogens is 1. The lowest BCUT2D eigenvalue weighted by molar-refractivity contribution is -0.137. The molecule has 0 atom stereocenters. The van der Waals surface area contributed by atoms with Crippen LogP contribution in [0.2, 0.25) is 0 Å². The third-order valence-corrected chi connectivity index (χ3v) is 3.19. The first-order valence-electron chi connectivity index (χ1n) is 7.54. The number of pyridine rings is 1. The number of nitrogens with zero attached hydrogens (tertiary/aromatic N) is 1. The van der Waals surface area contributed by atoms with Crippen molar-refractivity contribution in [3.63, 3.8) is 0 Å². The fraction of sp³-hybridized carbons (Fsp3) is 0.235. The van der Waals surface area contributed by atoms with Crippen molar-refractivity contribution in [3.05, 3.63) is 53.7 Å². The van der Waals surface area contributed by atoms with E-state index in [4.69, 9.17) is 0 Å². The molecule has 0 saturated heterocycles. The lowest BCUT2D eigenvalue weighted by Gasteiger charge is -2.13. The van der Waals surface area contributed by atoms with Gasteiger partial charge in [-0.25, -0.2) is 4.98 Å². The topological polar surface area (TPSA) is 71.1 Å². The summed E-state index contributed by atoms with van der Waals surface area (Å²) in [6.45, 7) is 1.78. The Labute approximate surface area is 142 Å². The summed E-state index contributed by atoms with van der Waals surface area (Å²) < 4.78 is 39.2. The van der Waals surface area contributed by atoms with Crippen molar-refractivity contribution >= 4 is 23.3 Å². The number of hydrogen-bond acceptors (Lipinski definition) is 3. The SMILES string of the molecule is CCCC(=O)Nc1cc(C(=O)Nc2ccccn2)cc(C(F)(F)F)c1. The fourth-order valence-corrected chi connectivity index (χ4v) is 2.07. The van der Waals surface area contributed by atoms with Gasteiger partial charge in [0.2, 0.25) is 5.91 Å². The van der Waals surface area contributed by atoms with Gasteiger partial charge in [-0.1, -0.05) is 13.0 Å². The van der Waals surface area contributed by atoms with Crippen LogP contribution in [-0.2, 0) is 11.0 Å². The highest BCUT2D eigenvalue weighted by molar-refractivity contribution is 6.05. The Bertz CT molecular complexity index is 761. The maximum absolute atomic E-state index is 13.1. The summed E-state index contributed by atoms with van der Waals surface area (Å²) in [5.41, 5.74) is -1.33. The molecule has 25 heavy (non-hydrogen) atoms. The van der Waals surface area contributed by atoms with Crippen LogP contribution in [0.5, 0.6) is 0 Å². The number of nitrogens with one attached hydrogen (secondary N) is 2. The average Bonchev–Trinajstić information content (AvgIpc) is 2.55. The highest BCUT2D eigenvalue weighted by atomic mass is 19.4. The van der Waals surface area contributed by atoms with Crippen LogP contribution in [0.1, 0.15) is 35.7 Å². The lowest BCUT2D eigenvalue weighted by atomic mass is 10.1. The highest BCUT2D eigenvalue weighted by Crippen LogP contribution is 2.32. The first kappa shape index (κ1) is 18.4. The van der Waals surface area contributed by atoms with Gasteiger partial charge in [-0.3, -0.25) is 9.59 Å². The number of amides is 2.